The Bertz CT molecular complexity index is 4040. The smallest absolute Gasteiger partial charge is 0.303 e. The zero-order valence-electron chi connectivity index (χ0n) is 43.3. The number of aromatic nitrogens is 7. The van der Waals surface area contributed by atoms with Crippen LogP contribution in [0.1, 0.15) is 64.3 Å². The number of H-pyrrole nitrogens is 2. The lowest BCUT2D eigenvalue weighted by molar-refractivity contribution is -0.697. The minimum atomic E-state index is -0.766. The Morgan fingerprint density at radius 3 is 1.32 bits per heavy atom. The first-order valence-corrected chi connectivity index (χ1v) is 31.8. The Labute approximate surface area is 515 Å². The number of rotatable bonds is 15. The van der Waals surface area contributed by atoms with Crippen molar-refractivity contribution in [2.45, 2.75) is 45.4 Å². The van der Waals surface area contributed by atoms with E-state index in [1.165, 1.54) is 27.4 Å². The Balaban J connectivity index is 1.06. The number of carbonyl (C=O) groups is 1. The highest BCUT2D eigenvalue weighted by Crippen LogP contribution is 2.38. The number of nitrogens with zero attached hydrogens (tertiary/aromatic N) is 6. The van der Waals surface area contributed by atoms with Gasteiger partial charge < -0.3 is 18.2 Å². The largest absolute Gasteiger partial charge is 0.481 e. The van der Waals surface area contributed by atoms with E-state index in [4.69, 9.17) is 9.97 Å². The van der Waals surface area contributed by atoms with E-state index >= 15 is 0 Å². The average molecular weight is 1500 g/mol. The molecule has 12 rings (SSSR count). The van der Waals surface area contributed by atoms with Crippen LogP contribution in [0.2, 0.25) is 0 Å². The van der Waals surface area contributed by atoms with Gasteiger partial charge in [0.25, 0.3) is 0 Å². The third-order valence-electron chi connectivity index (χ3n) is 14.3. The van der Waals surface area contributed by atoms with Crippen LogP contribution in [0.4, 0.5) is 0 Å². The number of aromatic amines is 2. The standard InChI is InChI=1S/C66H50I4N8O2/c67-51-10-4-44(5-11-51)41-76-36-27-49(28-37-76)65-58-18-16-54(71-58)63(47-24-32-70-78(40-31-47)43-46-8-14-53(69)15-9-46)55-17-19-59(72-55)66(50-29-38-77(39-30-50)42-45-6-12-52(68)13-7-45)61-23-21-57(74-61)64(56-20-22-60(65)73-56)48-25-34-75(35-26-48)33-2-1-3-62(79)80/h4-32,34-40H,1-3,33,41-43H2/p+3. The van der Waals surface area contributed by atoms with Gasteiger partial charge in [-0.05, 0) is 224 Å². The molecule has 0 aliphatic carbocycles. The Hall–Kier alpha value is -6.75. The van der Waals surface area contributed by atoms with E-state index in [1.54, 1.807) is 0 Å². The van der Waals surface area contributed by atoms with Gasteiger partial charge in [-0.15, -0.1) is 0 Å². The first-order chi connectivity index (χ1) is 39.1. The second-order valence-corrected chi connectivity index (χ2v) is 26.0. The summed E-state index contributed by atoms with van der Waals surface area (Å²) in [6.07, 6.45) is 29.8. The van der Waals surface area contributed by atoms with Gasteiger partial charge in [0, 0.05) is 122 Å². The molecule has 0 amide bonds. The lowest BCUT2D eigenvalue weighted by Crippen LogP contribution is -2.33. The summed E-state index contributed by atoms with van der Waals surface area (Å²) in [6.45, 7) is 3.07. The second kappa shape index (κ2) is 24.5. The van der Waals surface area contributed by atoms with Crippen LogP contribution in [0.5, 0.6) is 0 Å². The molecular weight excluding hydrogens is 1440 g/mol. The van der Waals surface area contributed by atoms with Crippen LogP contribution in [0.15, 0.2) is 189 Å². The number of nitrogens with one attached hydrogen (secondary N) is 2. The van der Waals surface area contributed by atoms with Crippen molar-refractivity contribution in [1.82, 2.24) is 23.0 Å². The molecule has 10 nitrogen and oxygen atoms in total. The summed E-state index contributed by atoms with van der Waals surface area (Å²) in [6, 6.07) is 47.9. The van der Waals surface area contributed by atoms with Crippen molar-refractivity contribution in [3.63, 3.8) is 0 Å². The monoisotopic (exact) mass is 1500 g/mol. The molecule has 8 bridgehead atoms. The van der Waals surface area contributed by atoms with Crippen molar-refractivity contribution in [3.05, 3.63) is 245 Å². The molecule has 3 aromatic carbocycles. The first-order valence-electron chi connectivity index (χ1n) is 26.3. The van der Waals surface area contributed by atoms with Gasteiger partial charge in [0.05, 0.1) is 29.3 Å². The molecule has 6 aromatic heterocycles. The van der Waals surface area contributed by atoms with Crippen molar-refractivity contribution in [1.29, 1.82) is 0 Å². The molecular formula is C66H53I4N8O2+3. The third-order valence-corrected chi connectivity index (χ3v) is 18.5. The van der Waals surface area contributed by atoms with Crippen molar-refractivity contribution in [2.24, 2.45) is 0 Å². The van der Waals surface area contributed by atoms with Crippen LogP contribution in [0, 0.1) is 10.7 Å². The fourth-order valence-electron chi connectivity index (χ4n) is 10.3. The molecule has 80 heavy (non-hydrogen) atoms. The predicted octanol–water partition coefficient (Wildman–Crippen LogP) is 14.8. The SMILES string of the molecule is O=C(O)CCCC[n+]1ccc(-c2c3nc(c(-c4cc[n+](Cc5ccc(I)cc5)cc4)c4ccc([nH]4)c(C4=CC=IN(Cc5ccc(I)cc5)C=C4)c4nc(c(-c5cc[n+](Cc6ccc(I)cc6)cc5)c5ccc2[nH]5)C=C4)C=C3)cc1. The maximum Gasteiger partial charge on any atom is 0.303 e. The van der Waals surface area contributed by atoms with Crippen molar-refractivity contribution >= 4 is 151 Å². The molecule has 0 spiro atoms. The second-order valence-electron chi connectivity index (χ2n) is 19.8. The minimum absolute atomic E-state index is 0.162. The molecule has 9 aromatic rings. The Morgan fingerprint density at radius 1 is 0.487 bits per heavy atom. The summed E-state index contributed by atoms with van der Waals surface area (Å²) >= 11 is 6.64. The predicted molar refractivity (Wildman–Crippen MR) is 356 cm³/mol. The van der Waals surface area contributed by atoms with Crippen LogP contribution in [-0.2, 0) is 31.0 Å². The van der Waals surface area contributed by atoms with Gasteiger partial charge in [0.2, 0.25) is 0 Å². The van der Waals surface area contributed by atoms with Gasteiger partial charge in [-0.2, -0.15) is 0 Å². The van der Waals surface area contributed by atoms with Crippen LogP contribution in [0.3, 0.4) is 0 Å². The number of carboxylic acids is 1. The molecule has 14 heteroatoms. The number of pyridine rings is 3. The fourth-order valence-corrected chi connectivity index (χ4v) is 13.2. The highest BCUT2D eigenvalue weighted by Gasteiger charge is 2.21. The number of aryl methyl sites for hydroxylation is 1. The number of benzene rings is 3. The number of aliphatic carboxylic acids is 1. The zero-order valence-corrected chi connectivity index (χ0v) is 51.9. The van der Waals surface area contributed by atoms with Crippen LogP contribution in [0.25, 0.3) is 85.3 Å². The number of allylic oxidation sites excluding steroid dienone is 3. The van der Waals surface area contributed by atoms with E-state index < -0.39 is 27.0 Å². The van der Waals surface area contributed by atoms with Crippen LogP contribution < -0.4 is 13.7 Å². The molecule has 394 valence electrons. The summed E-state index contributed by atoms with van der Waals surface area (Å²) in [5, 5.41) is 9.26. The van der Waals surface area contributed by atoms with E-state index in [0.717, 1.165) is 122 Å². The van der Waals surface area contributed by atoms with Crippen LogP contribution >= 0.6 is 88.8 Å². The van der Waals surface area contributed by atoms with E-state index in [-0.39, 0.29) is 6.42 Å². The van der Waals surface area contributed by atoms with Gasteiger partial charge in [0.15, 0.2) is 50.3 Å². The summed E-state index contributed by atoms with van der Waals surface area (Å²) < 4.78 is 15.0. The molecule has 9 heterocycles. The normalized spacial score (nSPS) is 12.8. The summed E-state index contributed by atoms with van der Waals surface area (Å²) in [5.74, 6) is -0.766. The average Bonchev–Trinajstić information content (AvgIpc) is 4.34. The Kier molecular flexibility index (Phi) is 16.5. The third kappa shape index (κ3) is 12.6. The highest BCUT2D eigenvalue weighted by molar-refractivity contribution is 14.2. The topological polar surface area (TPSA) is 110 Å². The van der Waals surface area contributed by atoms with Gasteiger partial charge in [0.1, 0.15) is 6.54 Å². The highest BCUT2D eigenvalue weighted by atomic mass is 127. The van der Waals surface area contributed by atoms with E-state index in [1.807, 2.05) is 0 Å². The van der Waals surface area contributed by atoms with Gasteiger partial charge >= 0.3 is 5.97 Å². The fraction of sp³-hybridized carbons (Fsp3) is 0.106. The summed E-state index contributed by atoms with van der Waals surface area (Å²) in [5.41, 5.74) is 18.9. The Morgan fingerprint density at radius 2 is 0.887 bits per heavy atom. The molecule has 3 aliphatic rings. The lowest BCUT2D eigenvalue weighted by Gasteiger charge is -2.13. The summed E-state index contributed by atoms with van der Waals surface area (Å²) in [4.78, 5) is 30.4. The number of fused-ring (bicyclic) bond motifs is 8. The molecule has 0 saturated carbocycles. The molecule has 3 aliphatic heterocycles. The first kappa shape index (κ1) is 53.9. The van der Waals surface area contributed by atoms with Crippen molar-refractivity contribution in [2.75, 3.05) is 0 Å². The zero-order chi connectivity index (χ0) is 54.5. The number of carboxylic acid groups (broad SMARTS) is 1. The van der Waals surface area contributed by atoms with Crippen LogP contribution in [-0.4, -0.2) is 38.1 Å². The number of hydrogen-bond acceptors (Lipinski definition) is 4. The molecule has 0 unspecified atom stereocenters. The van der Waals surface area contributed by atoms with E-state index in [2.05, 4.69) is 312 Å². The lowest BCUT2D eigenvalue weighted by atomic mass is 10.0. The molecule has 3 N–H and O–H groups in total. The maximum absolute atomic E-state index is 11.3. The molecule has 0 atom stereocenters. The minimum Gasteiger partial charge on any atom is -0.481 e. The van der Waals surface area contributed by atoms with Gasteiger partial charge in [-0.25, -0.2) is 23.7 Å². The van der Waals surface area contributed by atoms with E-state index in [0.29, 0.717) is 6.42 Å². The van der Waals surface area contributed by atoms with E-state index in [9.17, 15) is 9.90 Å². The number of unbranched alkanes of at least 4 members (excludes halogenated alkanes) is 1. The molecule has 0 radical (unpaired) electrons. The van der Waals surface area contributed by atoms with Gasteiger partial charge in [-0.1, -0.05) is 36.4 Å². The molecule has 0 fully saturated rings. The van der Waals surface area contributed by atoms with Gasteiger partial charge in [-0.3, -0.25) is 4.79 Å². The summed E-state index contributed by atoms with van der Waals surface area (Å²) in [7, 11) is 0. The maximum atomic E-state index is 11.3. The van der Waals surface area contributed by atoms with Crippen molar-refractivity contribution < 1.29 is 23.6 Å². The quantitative estimate of drug-likeness (QED) is 0.0410. The molecule has 0 saturated heterocycles. The van der Waals surface area contributed by atoms with Crippen molar-refractivity contribution in [3.8, 4) is 33.4 Å². The number of hydrogen-bond donors (Lipinski definition) is 3. The number of halogens is 4.